The van der Waals surface area contributed by atoms with Crippen LogP contribution >= 0.6 is 11.6 Å². The highest BCUT2D eigenvalue weighted by Gasteiger charge is 2.25. The zero-order valence-corrected chi connectivity index (χ0v) is 14.6. The van der Waals surface area contributed by atoms with Crippen molar-refractivity contribution >= 4 is 23.1 Å². The molecule has 0 aliphatic carbocycles. The van der Waals surface area contributed by atoms with Gasteiger partial charge in [-0.15, -0.1) is 0 Å². The first-order valence-electron chi connectivity index (χ1n) is 8.04. The summed E-state index contributed by atoms with van der Waals surface area (Å²) in [5, 5.41) is 9.90. The van der Waals surface area contributed by atoms with E-state index in [-0.39, 0.29) is 11.5 Å². The Kier molecular flexibility index (Phi) is 3.89. The van der Waals surface area contributed by atoms with Gasteiger partial charge in [0.25, 0.3) is 0 Å². The number of hydrogen-bond donors (Lipinski definition) is 1. The molecule has 1 aliphatic rings. The Morgan fingerprint density at radius 2 is 2.00 bits per heavy atom. The van der Waals surface area contributed by atoms with Crippen molar-refractivity contribution < 1.29 is 14.3 Å². The van der Waals surface area contributed by atoms with Crippen LogP contribution in [0.3, 0.4) is 0 Å². The molecule has 3 aromatic rings. The highest BCUT2D eigenvalue weighted by molar-refractivity contribution is 6.30. The van der Waals surface area contributed by atoms with Crippen LogP contribution in [0.2, 0.25) is 5.02 Å². The third-order valence-electron chi connectivity index (χ3n) is 4.52. The number of hydrogen-bond acceptors (Lipinski definition) is 2. The summed E-state index contributed by atoms with van der Waals surface area (Å²) in [6.45, 7) is 1.71. The molecule has 0 unspecified atom stereocenters. The fraction of sp³-hybridized carbons (Fsp3) is 0.100. The van der Waals surface area contributed by atoms with Gasteiger partial charge in [0.1, 0.15) is 11.6 Å². The van der Waals surface area contributed by atoms with Crippen molar-refractivity contribution in [3.05, 3.63) is 87.7 Å². The van der Waals surface area contributed by atoms with Crippen molar-refractivity contribution in [1.29, 1.82) is 0 Å². The van der Waals surface area contributed by atoms with Gasteiger partial charge in [-0.2, -0.15) is 0 Å². The van der Waals surface area contributed by atoms with Gasteiger partial charge in [0.05, 0.1) is 11.4 Å². The number of fused-ring (bicyclic) bond motifs is 3. The SMILES string of the molecule is Cc1c(C(=O)O)nc2n1-c1ccc(Cl)cc1C(c1ccccc1F)=CC2. The second-order valence-corrected chi connectivity index (χ2v) is 6.50. The fourth-order valence-corrected chi connectivity index (χ4v) is 3.55. The van der Waals surface area contributed by atoms with E-state index in [0.717, 1.165) is 11.3 Å². The molecule has 26 heavy (non-hydrogen) atoms. The average molecular weight is 369 g/mol. The summed E-state index contributed by atoms with van der Waals surface area (Å²) in [6.07, 6.45) is 2.24. The van der Waals surface area contributed by atoms with Gasteiger partial charge < -0.3 is 5.11 Å². The molecule has 2 heterocycles. The summed E-state index contributed by atoms with van der Waals surface area (Å²) >= 11 is 6.21. The lowest BCUT2D eigenvalue weighted by molar-refractivity contribution is 0.0690. The van der Waals surface area contributed by atoms with Crippen LogP contribution < -0.4 is 0 Å². The highest BCUT2D eigenvalue weighted by Crippen LogP contribution is 2.36. The van der Waals surface area contributed by atoms with Gasteiger partial charge in [0, 0.05) is 22.6 Å². The smallest absolute Gasteiger partial charge is 0.356 e. The van der Waals surface area contributed by atoms with Crippen molar-refractivity contribution in [2.75, 3.05) is 0 Å². The van der Waals surface area contributed by atoms with E-state index in [4.69, 9.17) is 11.6 Å². The van der Waals surface area contributed by atoms with Crippen LogP contribution in [0.25, 0.3) is 11.3 Å². The standard InChI is InChI=1S/C20H14ClFN2O2/c1-11-19(20(25)26)23-18-9-7-13(14-4-2-3-5-16(14)22)15-10-12(21)6-8-17(15)24(11)18/h2-8,10H,9H2,1H3,(H,25,26). The first-order valence-corrected chi connectivity index (χ1v) is 8.42. The zero-order valence-electron chi connectivity index (χ0n) is 13.8. The number of carboxylic acids is 1. The van der Waals surface area contributed by atoms with Gasteiger partial charge in [0.2, 0.25) is 0 Å². The molecule has 0 spiro atoms. The highest BCUT2D eigenvalue weighted by atomic mass is 35.5. The van der Waals surface area contributed by atoms with Crippen LogP contribution in [-0.2, 0) is 6.42 Å². The minimum Gasteiger partial charge on any atom is -0.476 e. The number of carbonyl (C=O) groups is 1. The van der Waals surface area contributed by atoms with E-state index in [1.807, 2.05) is 12.1 Å². The second kappa shape index (κ2) is 6.11. The summed E-state index contributed by atoms with van der Waals surface area (Å²) in [7, 11) is 0. The van der Waals surface area contributed by atoms with Gasteiger partial charge in [-0.3, -0.25) is 4.57 Å². The van der Waals surface area contributed by atoms with E-state index in [2.05, 4.69) is 4.98 Å². The molecule has 130 valence electrons. The minimum absolute atomic E-state index is 0.0173. The molecular weight excluding hydrogens is 355 g/mol. The third-order valence-corrected chi connectivity index (χ3v) is 4.76. The Morgan fingerprint density at radius 3 is 2.73 bits per heavy atom. The molecule has 2 aromatic carbocycles. The molecule has 4 rings (SSSR count). The lowest BCUT2D eigenvalue weighted by Gasteiger charge is -2.15. The number of nitrogens with zero attached hydrogens (tertiary/aromatic N) is 2. The normalized spacial score (nSPS) is 12.8. The Bertz CT molecular complexity index is 1090. The van der Waals surface area contributed by atoms with E-state index in [9.17, 15) is 14.3 Å². The maximum Gasteiger partial charge on any atom is 0.356 e. The largest absolute Gasteiger partial charge is 0.476 e. The number of benzene rings is 2. The molecule has 0 fully saturated rings. The molecule has 0 amide bonds. The molecule has 4 nitrogen and oxygen atoms in total. The first-order chi connectivity index (χ1) is 12.5. The number of allylic oxidation sites excluding steroid dienone is 1. The molecule has 1 aliphatic heterocycles. The van der Waals surface area contributed by atoms with Crippen LogP contribution in [-0.4, -0.2) is 20.6 Å². The predicted octanol–water partition coefficient (Wildman–Crippen LogP) is 4.66. The van der Waals surface area contributed by atoms with Gasteiger partial charge in [-0.25, -0.2) is 14.2 Å². The number of carboxylic acid groups (broad SMARTS) is 1. The Balaban J connectivity index is 2.02. The molecule has 0 atom stereocenters. The molecule has 0 radical (unpaired) electrons. The summed E-state index contributed by atoms with van der Waals surface area (Å²) < 4.78 is 16.2. The zero-order chi connectivity index (χ0) is 18.4. The summed E-state index contributed by atoms with van der Waals surface area (Å²) in [6, 6.07) is 11.9. The Morgan fingerprint density at radius 1 is 1.23 bits per heavy atom. The number of imidazole rings is 1. The van der Waals surface area contributed by atoms with Gasteiger partial charge >= 0.3 is 5.97 Å². The number of rotatable bonds is 2. The van der Waals surface area contributed by atoms with Crippen molar-refractivity contribution in [3.63, 3.8) is 0 Å². The van der Waals surface area contributed by atoms with Crippen LogP contribution in [0.4, 0.5) is 4.39 Å². The minimum atomic E-state index is -1.07. The van der Waals surface area contributed by atoms with E-state index < -0.39 is 5.97 Å². The van der Waals surface area contributed by atoms with Crippen LogP contribution in [0.15, 0.2) is 48.5 Å². The molecule has 0 saturated carbocycles. The average Bonchev–Trinajstić information content (AvgIpc) is 2.85. The second-order valence-electron chi connectivity index (χ2n) is 6.07. The Labute approximate surface area is 154 Å². The molecular formula is C20H14ClFN2O2. The summed E-state index contributed by atoms with van der Waals surface area (Å²) in [5.41, 5.74) is 3.19. The van der Waals surface area contributed by atoms with Crippen molar-refractivity contribution in [1.82, 2.24) is 9.55 Å². The maximum absolute atomic E-state index is 14.4. The molecule has 0 saturated heterocycles. The molecule has 1 N–H and O–H groups in total. The van der Waals surface area contributed by atoms with Crippen LogP contribution in [0.5, 0.6) is 0 Å². The predicted molar refractivity (Wildman–Crippen MR) is 97.5 cm³/mol. The summed E-state index contributed by atoms with van der Waals surface area (Å²) in [5.74, 6) is -0.807. The van der Waals surface area contributed by atoms with Gasteiger partial charge in [-0.1, -0.05) is 35.9 Å². The van der Waals surface area contributed by atoms with Crippen molar-refractivity contribution in [2.24, 2.45) is 0 Å². The topological polar surface area (TPSA) is 55.1 Å². The van der Waals surface area contributed by atoms with Gasteiger partial charge in [-0.05, 0) is 36.8 Å². The number of aromatic carboxylic acids is 1. The van der Waals surface area contributed by atoms with E-state index in [1.165, 1.54) is 6.07 Å². The maximum atomic E-state index is 14.4. The quantitative estimate of drug-likeness (QED) is 0.715. The Hall–Kier alpha value is -2.92. The van der Waals surface area contributed by atoms with Crippen LogP contribution in [0.1, 0.15) is 33.1 Å². The van der Waals surface area contributed by atoms with E-state index in [1.54, 1.807) is 41.8 Å². The number of halogens is 2. The first kappa shape index (κ1) is 16.5. The van der Waals surface area contributed by atoms with Crippen molar-refractivity contribution in [2.45, 2.75) is 13.3 Å². The lowest BCUT2D eigenvalue weighted by atomic mass is 9.95. The van der Waals surface area contributed by atoms with E-state index in [0.29, 0.717) is 34.1 Å². The number of aromatic nitrogens is 2. The van der Waals surface area contributed by atoms with E-state index >= 15 is 0 Å². The fourth-order valence-electron chi connectivity index (χ4n) is 3.38. The molecule has 0 bridgehead atoms. The lowest BCUT2D eigenvalue weighted by Crippen LogP contribution is -2.05. The summed E-state index contributed by atoms with van der Waals surface area (Å²) in [4.78, 5) is 15.7. The van der Waals surface area contributed by atoms with Gasteiger partial charge in [0.15, 0.2) is 5.69 Å². The monoisotopic (exact) mass is 368 g/mol. The molecule has 1 aromatic heterocycles. The van der Waals surface area contributed by atoms with Crippen LogP contribution in [0, 0.1) is 12.7 Å². The molecule has 6 heteroatoms. The van der Waals surface area contributed by atoms with Crippen molar-refractivity contribution in [3.8, 4) is 5.69 Å². The third kappa shape index (κ3) is 2.52.